The molecular formula is C27H24F5NO5. The summed E-state index contributed by atoms with van der Waals surface area (Å²) < 4.78 is 77.1. The van der Waals surface area contributed by atoms with Crippen molar-refractivity contribution in [3.05, 3.63) is 88.5 Å². The van der Waals surface area contributed by atoms with Gasteiger partial charge in [-0.05, 0) is 58.7 Å². The molecule has 0 saturated carbocycles. The number of carboxylic acids is 1. The van der Waals surface area contributed by atoms with Crippen LogP contribution in [-0.2, 0) is 40.1 Å². The molecule has 0 fully saturated rings. The Morgan fingerprint density at radius 3 is 2.26 bits per heavy atom. The Bertz CT molecular complexity index is 1290. The molecule has 0 atom stereocenters. The number of methoxy groups -OCH3 is 1. The Labute approximate surface area is 215 Å². The molecule has 0 amide bonds. The first kappa shape index (κ1) is 28.6. The van der Waals surface area contributed by atoms with Crippen molar-refractivity contribution < 1.29 is 46.1 Å². The summed E-state index contributed by atoms with van der Waals surface area (Å²) in [4.78, 5) is 23.2. The van der Waals surface area contributed by atoms with Crippen molar-refractivity contribution in [1.82, 2.24) is 5.32 Å². The van der Waals surface area contributed by atoms with Gasteiger partial charge in [-0.1, -0.05) is 12.1 Å². The number of aliphatic carboxylic acids is 1. The van der Waals surface area contributed by atoms with Crippen LogP contribution in [0.15, 0.2) is 54.6 Å². The van der Waals surface area contributed by atoms with Crippen molar-refractivity contribution in [3.8, 4) is 16.9 Å². The topological polar surface area (TPSA) is 84.9 Å². The van der Waals surface area contributed by atoms with E-state index in [0.717, 1.165) is 24.3 Å². The monoisotopic (exact) mass is 537 g/mol. The number of hydrogen-bond acceptors (Lipinski definition) is 5. The maximum Gasteiger partial charge on any atom is 0.416 e. The van der Waals surface area contributed by atoms with E-state index in [9.17, 15) is 31.5 Å². The van der Waals surface area contributed by atoms with Crippen LogP contribution in [0.5, 0.6) is 5.75 Å². The molecule has 2 N–H and O–H groups in total. The van der Waals surface area contributed by atoms with E-state index < -0.39 is 35.3 Å². The van der Waals surface area contributed by atoms with Crippen LogP contribution in [0.2, 0.25) is 0 Å². The lowest BCUT2D eigenvalue weighted by atomic mass is 9.94. The summed E-state index contributed by atoms with van der Waals surface area (Å²) in [5, 5.41) is 12.0. The van der Waals surface area contributed by atoms with Gasteiger partial charge in [0.15, 0.2) is 0 Å². The van der Waals surface area contributed by atoms with E-state index in [-0.39, 0.29) is 43.7 Å². The molecular weight excluding hydrogens is 513 g/mol. The average molecular weight is 537 g/mol. The number of rotatable bonds is 11. The lowest BCUT2D eigenvalue weighted by Crippen LogP contribution is -2.20. The second kappa shape index (κ2) is 12.5. The fourth-order valence-corrected chi connectivity index (χ4v) is 3.77. The maximum absolute atomic E-state index is 13.4. The smallest absolute Gasteiger partial charge is 0.416 e. The van der Waals surface area contributed by atoms with Crippen molar-refractivity contribution in [2.75, 3.05) is 13.7 Å². The van der Waals surface area contributed by atoms with Crippen molar-refractivity contribution in [2.24, 2.45) is 0 Å². The molecule has 0 aromatic heterocycles. The van der Waals surface area contributed by atoms with E-state index >= 15 is 0 Å². The highest BCUT2D eigenvalue weighted by atomic mass is 19.4. The van der Waals surface area contributed by atoms with E-state index in [1.807, 2.05) is 0 Å². The van der Waals surface area contributed by atoms with Crippen molar-refractivity contribution in [2.45, 2.75) is 32.2 Å². The number of esters is 1. The molecule has 11 heteroatoms. The van der Waals surface area contributed by atoms with E-state index in [1.54, 1.807) is 18.2 Å². The average Bonchev–Trinajstić information content (AvgIpc) is 2.84. The van der Waals surface area contributed by atoms with E-state index in [0.29, 0.717) is 28.5 Å². The first-order chi connectivity index (χ1) is 18.0. The van der Waals surface area contributed by atoms with Crippen molar-refractivity contribution in [1.29, 1.82) is 0 Å². The maximum atomic E-state index is 13.4. The lowest BCUT2D eigenvalue weighted by molar-refractivity contribution is -0.145. The van der Waals surface area contributed by atoms with Crippen LogP contribution in [0.1, 0.15) is 28.7 Å². The molecule has 6 nitrogen and oxygen atoms in total. The van der Waals surface area contributed by atoms with Crippen LogP contribution in [0, 0.1) is 11.6 Å². The van der Waals surface area contributed by atoms with Crippen molar-refractivity contribution >= 4 is 11.9 Å². The van der Waals surface area contributed by atoms with Crippen LogP contribution in [0.3, 0.4) is 0 Å². The van der Waals surface area contributed by atoms with E-state index in [1.165, 1.54) is 13.2 Å². The van der Waals surface area contributed by atoms with Gasteiger partial charge in [-0.25, -0.2) is 8.78 Å². The normalized spacial score (nSPS) is 11.3. The molecule has 0 aliphatic heterocycles. The molecule has 38 heavy (non-hydrogen) atoms. The van der Waals surface area contributed by atoms with Gasteiger partial charge in [0.1, 0.15) is 24.0 Å². The third kappa shape index (κ3) is 8.01. The molecule has 3 rings (SSSR count). The molecule has 0 heterocycles. The zero-order chi connectivity index (χ0) is 27.9. The molecule has 0 aliphatic rings. The van der Waals surface area contributed by atoms with Crippen LogP contribution in [0.4, 0.5) is 22.0 Å². The van der Waals surface area contributed by atoms with E-state index in [2.05, 4.69) is 5.32 Å². The van der Waals surface area contributed by atoms with Gasteiger partial charge < -0.3 is 19.9 Å². The lowest BCUT2D eigenvalue weighted by Gasteiger charge is -2.17. The highest BCUT2D eigenvalue weighted by Crippen LogP contribution is 2.37. The van der Waals surface area contributed by atoms with Gasteiger partial charge in [0, 0.05) is 24.7 Å². The van der Waals surface area contributed by atoms with Gasteiger partial charge in [0.25, 0.3) is 0 Å². The summed E-state index contributed by atoms with van der Waals surface area (Å²) in [7, 11) is 1.39. The minimum Gasteiger partial charge on any atom is -0.496 e. The fraction of sp³-hybridized carbons (Fsp3) is 0.259. The predicted octanol–water partition coefficient (Wildman–Crippen LogP) is 5.51. The second-order valence-corrected chi connectivity index (χ2v) is 8.34. The molecule has 0 spiro atoms. The minimum atomic E-state index is -4.59. The molecule has 3 aromatic carbocycles. The zero-order valence-corrected chi connectivity index (χ0v) is 20.2. The number of carboxylic acid groups (broad SMARTS) is 1. The number of benzene rings is 3. The van der Waals surface area contributed by atoms with Gasteiger partial charge in [-0.2, -0.15) is 13.2 Å². The minimum absolute atomic E-state index is 0.0439. The third-order valence-electron chi connectivity index (χ3n) is 5.49. The molecule has 0 unspecified atom stereocenters. The van der Waals surface area contributed by atoms with Crippen LogP contribution in [0.25, 0.3) is 11.1 Å². The number of halogens is 5. The molecule has 3 aromatic rings. The Morgan fingerprint density at radius 1 is 0.921 bits per heavy atom. The highest BCUT2D eigenvalue weighted by molar-refractivity contribution is 5.77. The molecule has 0 bridgehead atoms. The third-order valence-corrected chi connectivity index (χ3v) is 5.49. The molecule has 0 radical (unpaired) electrons. The number of ether oxygens (including phenoxy) is 2. The van der Waals surface area contributed by atoms with Crippen LogP contribution < -0.4 is 10.1 Å². The van der Waals surface area contributed by atoms with E-state index in [4.69, 9.17) is 14.6 Å². The first-order valence-electron chi connectivity index (χ1n) is 11.4. The van der Waals surface area contributed by atoms with Gasteiger partial charge in [0.05, 0.1) is 25.5 Å². The number of alkyl halides is 3. The Kier molecular flexibility index (Phi) is 9.40. The van der Waals surface area contributed by atoms with Gasteiger partial charge >= 0.3 is 18.1 Å². The Morgan fingerprint density at radius 2 is 1.63 bits per heavy atom. The number of carbonyl (C=O) groups is 2. The fourth-order valence-electron chi connectivity index (χ4n) is 3.77. The van der Waals surface area contributed by atoms with Crippen LogP contribution >= 0.6 is 0 Å². The zero-order valence-electron chi connectivity index (χ0n) is 20.2. The standard InChI is InChI=1S/C27H24F5NO5/c1-37-24-5-2-16(11-25(34)35)10-23(24)22-4-3-19(27(30,31)32)12-18(22)14-33-7-6-26(36)38-15-17-8-20(28)13-21(29)9-17/h2-5,8-10,12-13,33H,6-7,11,14-15H2,1H3,(H,34,35). The summed E-state index contributed by atoms with van der Waals surface area (Å²) in [5.74, 6) is -3.00. The van der Waals surface area contributed by atoms with Crippen LogP contribution in [-0.4, -0.2) is 30.7 Å². The molecule has 202 valence electrons. The second-order valence-electron chi connectivity index (χ2n) is 8.34. The summed E-state index contributed by atoms with van der Waals surface area (Å²) in [6, 6.07) is 10.6. The summed E-state index contributed by atoms with van der Waals surface area (Å²) in [6.45, 7) is -0.353. The number of nitrogens with one attached hydrogen (secondary N) is 1. The summed E-state index contributed by atoms with van der Waals surface area (Å²) in [6.07, 6.45) is -5.03. The van der Waals surface area contributed by atoms with Crippen molar-refractivity contribution in [3.63, 3.8) is 0 Å². The highest BCUT2D eigenvalue weighted by Gasteiger charge is 2.31. The molecule has 0 aliphatic carbocycles. The number of hydrogen-bond donors (Lipinski definition) is 2. The van der Waals surface area contributed by atoms with Gasteiger partial charge in [0.2, 0.25) is 0 Å². The summed E-state index contributed by atoms with van der Waals surface area (Å²) in [5.41, 5.74) is 0.753. The Hall–Kier alpha value is -3.99. The van der Waals surface area contributed by atoms with Gasteiger partial charge in [-0.3, -0.25) is 9.59 Å². The quantitative estimate of drug-likeness (QED) is 0.191. The van der Waals surface area contributed by atoms with Gasteiger partial charge in [-0.15, -0.1) is 0 Å². The Balaban J connectivity index is 1.73. The largest absolute Gasteiger partial charge is 0.496 e. The SMILES string of the molecule is COc1ccc(CC(=O)O)cc1-c1ccc(C(F)(F)F)cc1CNCCC(=O)OCc1cc(F)cc(F)c1. The summed E-state index contributed by atoms with van der Waals surface area (Å²) >= 11 is 0. The molecule has 0 saturated heterocycles. The number of carbonyl (C=O) groups excluding carboxylic acids is 1. The first-order valence-corrected chi connectivity index (χ1v) is 11.4. The predicted molar refractivity (Wildman–Crippen MR) is 127 cm³/mol.